The van der Waals surface area contributed by atoms with Gasteiger partial charge in [-0.1, -0.05) is 60.2 Å². The molecule has 0 radical (unpaired) electrons. The molecule has 3 rings (SSSR count). The Morgan fingerprint density at radius 2 is 1.83 bits per heavy atom. The number of ether oxygens (including phenoxy) is 1. The minimum Gasteiger partial charge on any atom is -0.449 e. The molecule has 1 N–H and O–H groups in total. The maximum absolute atomic E-state index is 12.1. The first-order valence-electron chi connectivity index (χ1n) is 9.78. The van der Waals surface area contributed by atoms with Crippen LogP contribution in [0.4, 0.5) is 0 Å². The van der Waals surface area contributed by atoms with Crippen LogP contribution in [0.25, 0.3) is 6.08 Å². The summed E-state index contributed by atoms with van der Waals surface area (Å²) in [5, 5.41) is 7.06. The lowest BCUT2D eigenvalue weighted by molar-refractivity contribution is -0.150. The van der Waals surface area contributed by atoms with Crippen molar-refractivity contribution in [2.45, 2.75) is 33.0 Å². The normalized spacial score (nSPS) is 11.9. The zero-order valence-corrected chi connectivity index (χ0v) is 17.1. The van der Waals surface area contributed by atoms with E-state index in [1.54, 1.807) is 23.9 Å². The van der Waals surface area contributed by atoms with Gasteiger partial charge in [-0.15, -0.1) is 0 Å². The van der Waals surface area contributed by atoms with Crippen molar-refractivity contribution in [3.63, 3.8) is 0 Å². The SMILES string of the molecule is Cc1ccc(CNC(=O)[C@@H](C)OC(=O)/C=C/c2cnn(Cc3ccccc3)c2)cc1. The zero-order valence-electron chi connectivity index (χ0n) is 17.1. The lowest BCUT2D eigenvalue weighted by Gasteiger charge is -2.12. The highest BCUT2D eigenvalue weighted by Gasteiger charge is 2.16. The quantitative estimate of drug-likeness (QED) is 0.462. The molecular formula is C24H25N3O3. The van der Waals surface area contributed by atoms with Gasteiger partial charge in [-0.2, -0.15) is 5.10 Å². The molecule has 2 aromatic carbocycles. The van der Waals surface area contributed by atoms with Crippen LogP contribution in [0.15, 0.2) is 73.1 Å². The van der Waals surface area contributed by atoms with Crippen molar-refractivity contribution in [1.29, 1.82) is 0 Å². The molecule has 0 aliphatic carbocycles. The highest BCUT2D eigenvalue weighted by Crippen LogP contribution is 2.06. The maximum atomic E-state index is 12.1. The Bertz CT molecular complexity index is 1010. The number of aromatic nitrogens is 2. The standard InChI is InChI=1S/C24H25N3O3/c1-18-8-10-20(11-9-18)14-25-24(29)19(2)30-23(28)13-12-22-15-26-27(17-22)16-21-6-4-3-5-7-21/h3-13,15,17,19H,14,16H2,1-2H3,(H,25,29)/b13-12+/t19-/m1/s1. The summed E-state index contributed by atoms with van der Waals surface area (Å²) in [5.41, 5.74) is 4.06. The highest BCUT2D eigenvalue weighted by atomic mass is 16.5. The number of hydrogen-bond donors (Lipinski definition) is 1. The highest BCUT2D eigenvalue weighted by molar-refractivity contribution is 5.90. The predicted octanol–water partition coefficient (Wildman–Crippen LogP) is 3.50. The lowest BCUT2D eigenvalue weighted by atomic mass is 10.1. The second-order valence-electron chi connectivity index (χ2n) is 7.07. The Balaban J connectivity index is 1.45. The largest absolute Gasteiger partial charge is 0.449 e. The molecule has 1 atom stereocenters. The number of nitrogens with one attached hydrogen (secondary N) is 1. The van der Waals surface area contributed by atoms with Crippen molar-refractivity contribution in [3.05, 3.63) is 95.3 Å². The molecule has 0 fully saturated rings. The lowest BCUT2D eigenvalue weighted by Crippen LogP contribution is -2.35. The molecule has 1 heterocycles. The Labute approximate surface area is 176 Å². The van der Waals surface area contributed by atoms with Crippen LogP contribution < -0.4 is 5.32 Å². The molecule has 1 amide bonds. The molecule has 3 aromatic rings. The Morgan fingerprint density at radius 3 is 2.57 bits per heavy atom. The first kappa shape index (κ1) is 21.0. The molecule has 6 heteroatoms. The molecule has 0 saturated carbocycles. The van der Waals surface area contributed by atoms with Crippen molar-refractivity contribution >= 4 is 18.0 Å². The molecule has 0 bridgehead atoms. The predicted molar refractivity (Wildman–Crippen MR) is 115 cm³/mol. The summed E-state index contributed by atoms with van der Waals surface area (Å²) in [7, 11) is 0. The smallest absolute Gasteiger partial charge is 0.331 e. The molecular weight excluding hydrogens is 378 g/mol. The second-order valence-corrected chi connectivity index (χ2v) is 7.07. The van der Waals surface area contributed by atoms with E-state index in [4.69, 9.17) is 4.74 Å². The fourth-order valence-corrected chi connectivity index (χ4v) is 2.79. The van der Waals surface area contributed by atoms with Crippen LogP contribution in [0.3, 0.4) is 0 Å². The van der Waals surface area contributed by atoms with E-state index < -0.39 is 12.1 Å². The summed E-state index contributed by atoms with van der Waals surface area (Å²) < 4.78 is 6.97. The van der Waals surface area contributed by atoms with E-state index in [2.05, 4.69) is 10.4 Å². The monoisotopic (exact) mass is 403 g/mol. The van der Waals surface area contributed by atoms with Gasteiger partial charge in [0.15, 0.2) is 6.10 Å². The van der Waals surface area contributed by atoms with Gasteiger partial charge in [0.1, 0.15) is 0 Å². The van der Waals surface area contributed by atoms with Crippen LogP contribution in [0.5, 0.6) is 0 Å². The average Bonchev–Trinajstić information content (AvgIpc) is 3.19. The molecule has 1 aromatic heterocycles. The third kappa shape index (κ3) is 6.44. The van der Waals surface area contributed by atoms with Crippen LogP contribution in [0, 0.1) is 6.92 Å². The van der Waals surface area contributed by atoms with Gasteiger partial charge in [0.2, 0.25) is 0 Å². The molecule has 0 unspecified atom stereocenters. The number of carbonyl (C=O) groups excluding carboxylic acids is 2. The van der Waals surface area contributed by atoms with E-state index >= 15 is 0 Å². The van der Waals surface area contributed by atoms with E-state index in [1.165, 1.54) is 6.08 Å². The molecule has 30 heavy (non-hydrogen) atoms. The summed E-state index contributed by atoms with van der Waals surface area (Å²) in [5.74, 6) is -0.920. The number of benzene rings is 2. The van der Waals surface area contributed by atoms with Crippen molar-refractivity contribution < 1.29 is 14.3 Å². The number of esters is 1. The van der Waals surface area contributed by atoms with Crippen LogP contribution in [0.2, 0.25) is 0 Å². The minimum absolute atomic E-state index is 0.340. The number of hydrogen-bond acceptors (Lipinski definition) is 4. The minimum atomic E-state index is -0.881. The third-order valence-electron chi connectivity index (χ3n) is 4.50. The fourth-order valence-electron chi connectivity index (χ4n) is 2.79. The van der Waals surface area contributed by atoms with Gasteiger partial charge in [0, 0.05) is 24.4 Å². The van der Waals surface area contributed by atoms with E-state index in [0.717, 1.165) is 22.3 Å². The van der Waals surface area contributed by atoms with Crippen molar-refractivity contribution in [2.75, 3.05) is 0 Å². The summed E-state index contributed by atoms with van der Waals surface area (Å²) >= 11 is 0. The Morgan fingerprint density at radius 1 is 1.10 bits per heavy atom. The van der Waals surface area contributed by atoms with Crippen LogP contribution in [-0.2, 0) is 27.4 Å². The van der Waals surface area contributed by atoms with Crippen LogP contribution >= 0.6 is 0 Å². The van der Waals surface area contributed by atoms with Crippen molar-refractivity contribution in [3.8, 4) is 0 Å². The summed E-state index contributed by atoms with van der Waals surface area (Å²) in [4.78, 5) is 24.2. The number of nitrogens with zero attached hydrogens (tertiary/aromatic N) is 2. The van der Waals surface area contributed by atoms with Gasteiger partial charge in [0.05, 0.1) is 12.7 Å². The number of carbonyl (C=O) groups is 2. The summed E-state index contributed by atoms with van der Waals surface area (Å²) in [6.07, 6.45) is 5.55. The van der Waals surface area contributed by atoms with Gasteiger partial charge in [-0.25, -0.2) is 4.79 Å². The molecule has 0 spiro atoms. The van der Waals surface area contributed by atoms with Crippen LogP contribution in [-0.4, -0.2) is 27.8 Å². The van der Waals surface area contributed by atoms with Crippen molar-refractivity contribution in [1.82, 2.24) is 15.1 Å². The van der Waals surface area contributed by atoms with Gasteiger partial charge in [-0.05, 0) is 31.1 Å². The number of rotatable bonds is 8. The molecule has 0 aliphatic heterocycles. The Hall–Kier alpha value is -3.67. The van der Waals surface area contributed by atoms with Gasteiger partial charge >= 0.3 is 5.97 Å². The van der Waals surface area contributed by atoms with Crippen LogP contribution in [0.1, 0.15) is 29.2 Å². The second kappa shape index (κ2) is 10.2. The van der Waals surface area contributed by atoms with E-state index in [9.17, 15) is 9.59 Å². The third-order valence-corrected chi connectivity index (χ3v) is 4.50. The molecule has 154 valence electrons. The number of amides is 1. The van der Waals surface area contributed by atoms with Gasteiger partial charge < -0.3 is 10.1 Å². The fraction of sp³-hybridized carbons (Fsp3) is 0.208. The maximum Gasteiger partial charge on any atom is 0.331 e. The average molecular weight is 403 g/mol. The Kier molecular flexibility index (Phi) is 7.16. The van der Waals surface area contributed by atoms with Crippen molar-refractivity contribution in [2.24, 2.45) is 0 Å². The number of aryl methyl sites for hydroxylation is 1. The molecule has 0 aliphatic rings. The first-order valence-corrected chi connectivity index (χ1v) is 9.78. The summed E-state index contributed by atoms with van der Waals surface area (Å²) in [6.45, 7) is 4.59. The van der Waals surface area contributed by atoms with E-state index in [1.807, 2.05) is 67.7 Å². The first-order chi connectivity index (χ1) is 14.5. The van der Waals surface area contributed by atoms with Gasteiger partial charge in [-0.3, -0.25) is 9.48 Å². The van der Waals surface area contributed by atoms with E-state index in [0.29, 0.717) is 13.1 Å². The topological polar surface area (TPSA) is 73.2 Å². The molecule has 0 saturated heterocycles. The zero-order chi connectivity index (χ0) is 21.3. The molecule has 6 nitrogen and oxygen atoms in total. The summed E-state index contributed by atoms with van der Waals surface area (Å²) in [6, 6.07) is 17.9. The van der Waals surface area contributed by atoms with E-state index in [-0.39, 0.29) is 5.91 Å². The van der Waals surface area contributed by atoms with Gasteiger partial charge in [0.25, 0.3) is 5.91 Å².